The van der Waals surface area contributed by atoms with Gasteiger partial charge < -0.3 is 10.7 Å². The van der Waals surface area contributed by atoms with Gasteiger partial charge in [0.05, 0.1) is 0 Å². The Morgan fingerprint density at radius 3 is 3.00 bits per heavy atom. The van der Waals surface area contributed by atoms with Crippen molar-refractivity contribution in [1.29, 1.82) is 0 Å². The van der Waals surface area contributed by atoms with Gasteiger partial charge in [0, 0.05) is 25.0 Å². The van der Waals surface area contributed by atoms with Crippen LogP contribution in [0.2, 0.25) is 0 Å². The maximum Gasteiger partial charge on any atom is 0.141 e. The average Bonchev–Trinajstić information content (AvgIpc) is 2.05. The van der Waals surface area contributed by atoms with Crippen molar-refractivity contribution >= 4 is 11.5 Å². The molecule has 1 heterocycles. The van der Waals surface area contributed by atoms with Crippen molar-refractivity contribution in [2.24, 2.45) is 5.84 Å². The Hall–Kier alpha value is -1.29. The number of nitrogens with zero attached hydrogens (tertiary/aromatic N) is 1. The molecule has 0 aromatic carbocycles. The quantitative estimate of drug-likeness (QED) is 0.409. The molecule has 1 aromatic rings. The van der Waals surface area contributed by atoms with Crippen molar-refractivity contribution in [2.45, 2.75) is 0 Å². The smallest absolute Gasteiger partial charge is 0.141 e. The topological polar surface area (TPSA) is 63.0 Å². The minimum Gasteiger partial charge on any atom is -0.388 e. The number of pyridine rings is 1. The second-order valence-electron chi connectivity index (χ2n) is 1.82. The molecule has 0 saturated heterocycles. The van der Waals surface area contributed by atoms with E-state index in [0.29, 0.717) is 5.82 Å². The SMILES string of the molecule is CNc1ccnc(NN)c1. The highest BCUT2D eigenvalue weighted by Crippen LogP contribution is 2.08. The number of nitrogen functional groups attached to an aromatic ring is 1. The van der Waals surface area contributed by atoms with Gasteiger partial charge >= 0.3 is 0 Å². The zero-order chi connectivity index (χ0) is 7.40. The van der Waals surface area contributed by atoms with Gasteiger partial charge in [0.1, 0.15) is 5.82 Å². The van der Waals surface area contributed by atoms with Crippen LogP contribution in [0.4, 0.5) is 11.5 Å². The number of rotatable bonds is 2. The molecule has 0 bridgehead atoms. The summed E-state index contributed by atoms with van der Waals surface area (Å²) in [5, 5.41) is 2.97. The average molecular weight is 138 g/mol. The van der Waals surface area contributed by atoms with E-state index in [-0.39, 0.29) is 0 Å². The van der Waals surface area contributed by atoms with Crippen LogP contribution in [0.25, 0.3) is 0 Å². The van der Waals surface area contributed by atoms with Crippen LogP contribution in [0.3, 0.4) is 0 Å². The molecular weight excluding hydrogens is 128 g/mol. The second-order valence-corrected chi connectivity index (χ2v) is 1.82. The van der Waals surface area contributed by atoms with Crippen LogP contribution >= 0.6 is 0 Å². The first-order valence-corrected chi connectivity index (χ1v) is 2.97. The van der Waals surface area contributed by atoms with Gasteiger partial charge in [-0.15, -0.1) is 0 Å². The lowest BCUT2D eigenvalue weighted by Crippen LogP contribution is -2.08. The van der Waals surface area contributed by atoms with E-state index in [9.17, 15) is 0 Å². The van der Waals surface area contributed by atoms with Gasteiger partial charge in [-0.3, -0.25) is 0 Å². The molecule has 4 heteroatoms. The largest absolute Gasteiger partial charge is 0.388 e. The van der Waals surface area contributed by atoms with E-state index in [0.717, 1.165) is 5.69 Å². The fraction of sp³-hybridized carbons (Fsp3) is 0.167. The van der Waals surface area contributed by atoms with E-state index in [1.54, 1.807) is 6.20 Å². The van der Waals surface area contributed by atoms with Crippen molar-refractivity contribution in [1.82, 2.24) is 4.98 Å². The molecule has 10 heavy (non-hydrogen) atoms. The lowest BCUT2D eigenvalue weighted by Gasteiger charge is -2.01. The number of hydrazine groups is 1. The van der Waals surface area contributed by atoms with Crippen LogP contribution < -0.4 is 16.6 Å². The third-order valence-electron chi connectivity index (χ3n) is 1.20. The molecule has 54 valence electrons. The van der Waals surface area contributed by atoms with E-state index >= 15 is 0 Å². The molecule has 0 amide bonds. The highest BCUT2D eigenvalue weighted by Gasteiger charge is 1.89. The third kappa shape index (κ3) is 1.35. The summed E-state index contributed by atoms with van der Waals surface area (Å²) in [6.45, 7) is 0. The predicted octanol–water partition coefficient (Wildman–Crippen LogP) is 0.409. The predicted molar refractivity (Wildman–Crippen MR) is 41.6 cm³/mol. The van der Waals surface area contributed by atoms with E-state index < -0.39 is 0 Å². The standard InChI is InChI=1S/C6H10N4/c1-8-5-2-3-9-6(4-5)10-7/h2-4H,7H2,1H3,(H2,8,9,10). The Kier molecular flexibility index (Phi) is 2.07. The minimum atomic E-state index is 0.659. The second kappa shape index (κ2) is 3.03. The summed E-state index contributed by atoms with van der Waals surface area (Å²) in [7, 11) is 1.84. The fourth-order valence-electron chi connectivity index (χ4n) is 0.665. The molecule has 0 saturated carbocycles. The highest BCUT2D eigenvalue weighted by atomic mass is 15.2. The molecule has 1 rings (SSSR count). The molecule has 0 aliphatic carbocycles. The van der Waals surface area contributed by atoms with Gasteiger partial charge in [-0.1, -0.05) is 0 Å². The normalized spacial score (nSPS) is 9.00. The number of anilines is 2. The summed E-state index contributed by atoms with van der Waals surface area (Å²) in [6, 6.07) is 3.68. The highest BCUT2D eigenvalue weighted by molar-refractivity contribution is 5.50. The third-order valence-corrected chi connectivity index (χ3v) is 1.20. The fourth-order valence-corrected chi connectivity index (χ4v) is 0.665. The number of hydrogen-bond donors (Lipinski definition) is 3. The summed E-state index contributed by atoms with van der Waals surface area (Å²) in [4.78, 5) is 3.93. The van der Waals surface area contributed by atoms with Crippen LogP contribution in [0.15, 0.2) is 18.3 Å². The van der Waals surface area contributed by atoms with E-state index in [2.05, 4.69) is 15.7 Å². The molecule has 0 radical (unpaired) electrons. The van der Waals surface area contributed by atoms with Crippen LogP contribution in [0.1, 0.15) is 0 Å². The Morgan fingerprint density at radius 2 is 2.40 bits per heavy atom. The van der Waals surface area contributed by atoms with Crippen LogP contribution in [-0.4, -0.2) is 12.0 Å². The lowest BCUT2D eigenvalue weighted by atomic mass is 10.4. The molecule has 0 spiro atoms. The zero-order valence-electron chi connectivity index (χ0n) is 5.76. The molecule has 4 N–H and O–H groups in total. The molecule has 1 aromatic heterocycles. The summed E-state index contributed by atoms with van der Waals surface area (Å²) in [5.41, 5.74) is 3.44. The van der Waals surface area contributed by atoms with Gasteiger partial charge in [0.2, 0.25) is 0 Å². The molecule has 0 aliphatic rings. The molecule has 0 unspecified atom stereocenters. The van der Waals surface area contributed by atoms with Gasteiger partial charge in [0.25, 0.3) is 0 Å². The molecule has 0 fully saturated rings. The molecule has 0 atom stereocenters. The van der Waals surface area contributed by atoms with Crippen molar-refractivity contribution in [3.8, 4) is 0 Å². The Balaban J connectivity index is 2.87. The van der Waals surface area contributed by atoms with Gasteiger partial charge in [-0.25, -0.2) is 10.8 Å². The first kappa shape index (κ1) is 6.82. The maximum absolute atomic E-state index is 5.13. The monoisotopic (exact) mass is 138 g/mol. The summed E-state index contributed by atoms with van der Waals surface area (Å²) in [6.07, 6.45) is 1.68. The number of nitrogens with two attached hydrogens (primary N) is 1. The Labute approximate surface area is 59.4 Å². The van der Waals surface area contributed by atoms with E-state index in [4.69, 9.17) is 5.84 Å². The molecule has 0 aliphatic heterocycles. The summed E-state index contributed by atoms with van der Waals surface area (Å²) < 4.78 is 0. The number of hydrogen-bond acceptors (Lipinski definition) is 4. The van der Waals surface area contributed by atoms with Gasteiger partial charge in [-0.2, -0.15) is 0 Å². The van der Waals surface area contributed by atoms with Crippen LogP contribution in [0.5, 0.6) is 0 Å². The van der Waals surface area contributed by atoms with Crippen LogP contribution in [-0.2, 0) is 0 Å². The van der Waals surface area contributed by atoms with Crippen molar-refractivity contribution < 1.29 is 0 Å². The molecular formula is C6H10N4. The number of aromatic nitrogens is 1. The lowest BCUT2D eigenvalue weighted by molar-refractivity contribution is 1.23. The summed E-state index contributed by atoms with van der Waals surface area (Å²) >= 11 is 0. The van der Waals surface area contributed by atoms with Crippen molar-refractivity contribution in [3.05, 3.63) is 18.3 Å². The van der Waals surface area contributed by atoms with Crippen molar-refractivity contribution in [2.75, 3.05) is 17.8 Å². The minimum absolute atomic E-state index is 0.659. The Morgan fingerprint density at radius 1 is 1.60 bits per heavy atom. The Bertz CT molecular complexity index is 191. The maximum atomic E-state index is 5.13. The van der Waals surface area contributed by atoms with Crippen LogP contribution in [0, 0.1) is 0 Å². The first-order valence-electron chi connectivity index (χ1n) is 2.97. The van der Waals surface area contributed by atoms with Crippen molar-refractivity contribution in [3.63, 3.8) is 0 Å². The first-order chi connectivity index (χ1) is 4.86. The summed E-state index contributed by atoms with van der Waals surface area (Å²) in [5.74, 6) is 5.79. The van der Waals surface area contributed by atoms with Gasteiger partial charge in [-0.05, 0) is 6.07 Å². The molecule has 4 nitrogen and oxygen atoms in total. The van der Waals surface area contributed by atoms with Gasteiger partial charge in [0.15, 0.2) is 0 Å². The number of nitrogens with one attached hydrogen (secondary N) is 2. The van der Waals surface area contributed by atoms with E-state index in [1.165, 1.54) is 0 Å². The zero-order valence-corrected chi connectivity index (χ0v) is 5.76. The van der Waals surface area contributed by atoms with E-state index in [1.807, 2.05) is 19.2 Å².